The summed E-state index contributed by atoms with van der Waals surface area (Å²) < 4.78 is 19.8. The maximum Gasteiger partial charge on any atom is 0.266 e. The second-order valence-corrected chi connectivity index (χ2v) is 7.24. The van der Waals surface area contributed by atoms with Crippen molar-refractivity contribution < 1.29 is 13.9 Å². The van der Waals surface area contributed by atoms with Crippen LogP contribution >= 0.6 is 0 Å². The molecule has 0 atom stereocenters. The van der Waals surface area contributed by atoms with Crippen molar-refractivity contribution >= 4 is 17.7 Å². The van der Waals surface area contributed by atoms with Crippen molar-refractivity contribution in [2.24, 2.45) is 0 Å². The summed E-state index contributed by atoms with van der Waals surface area (Å²) in [6, 6.07) is 21.2. The number of ether oxygens (including phenoxy) is 1. The van der Waals surface area contributed by atoms with Crippen molar-refractivity contribution in [3.63, 3.8) is 0 Å². The molecule has 0 spiro atoms. The molecule has 1 amide bonds. The van der Waals surface area contributed by atoms with Crippen molar-refractivity contribution in [3.8, 4) is 11.8 Å². The summed E-state index contributed by atoms with van der Waals surface area (Å²) in [5.41, 5.74) is 3.65. The number of nitrogens with one attached hydrogen (secondary N) is 1. The third kappa shape index (κ3) is 5.93. The van der Waals surface area contributed by atoms with Crippen LogP contribution in [0.3, 0.4) is 0 Å². The Kier molecular flexibility index (Phi) is 7.55. The van der Waals surface area contributed by atoms with E-state index in [1.54, 1.807) is 18.2 Å². The van der Waals surface area contributed by atoms with E-state index in [1.165, 1.54) is 24.3 Å². The zero-order valence-corrected chi connectivity index (χ0v) is 17.8. The molecule has 3 aromatic carbocycles. The Morgan fingerprint density at radius 2 is 1.97 bits per heavy atom. The van der Waals surface area contributed by atoms with Crippen LogP contribution in [0, 0.1) is 24.1 Å². The largest absolute Gasteiger partial charge is 0.489 e. The van der Waals surface area contributed by atoms with Crippen molar-refractivity contribution in [2.45, 2.75) is 20.0 Å². The minimum Gasteiger partial charge on any atom is -0.489 e. The van der Waals surface area contributed by atoms with E-state index >= 15 is 0 Å². The van der Waals surface area contributed by atoms with Gasteiger partial charge in [-0.25, -0.2) is 4.39 Å². The van der Waals surface area contributed by atoms with Crippen LogP contribution in [0.15, 0.2) is 85.0 Å². The highest BCUT2D eigenvalue weighted by molar-refractivity contribution is 6.09. The molecule has 3 aromatic rings. The fourth-order valence-corrected chi connectivity index (χ4v) is 3.18. The maximum absolute atomic E-state index is 13.8. The zero-order chi connectivity index (χ0) is 22.9. The van der Waals surface area contributed by atoms with Gasteiger partial charge in [0, 0.05) is 0 Å². The lowest BCUT2D eigenvalue weighted by atomic mass is 10.0. The number of carbonyl (C=O) groups is 1. The summed E-state index contributed by atoms with van der Waals surface area (Å²) in [6.45, 7) is 6.25. The van der Waals surface area contributed by atoms with Gasteiger partial charge in [-0.2, -0.15) is 5.26 Å². The number of carbonyl (C=O) groups excluding carboxylic acids is 1. The van der Waals surface area contributed by atoms with Gasteiger partial charge in [0.1, 0.15) is 29.8 Å². The number of halogens is 1. The number of nitriles is 1. The van der Waals surface area contributed by atoms with E-state index in [9.17, 15) is 14.4 Å². The maximum atomic E-state index is 13.8. The van der Waals surface area contributed by atoms with Gasteiger partial charge in [-0.3, -0.25) is 4.79 Å². The number of para-hydroxylation sites is 1. The summed E-state index contributed by atoms with van der Waals surface area (Å²) in [7, 11) is 0. The van der Waals surface area contributed by atoms with Gasteiger partial charge in [-0.15, -0.1) is 6.58 Å². The SMILES string of the molecule is C=CCc1cc(/C=C(/C#N)C(=O)Nc2ccccc2F)ccc1OCc1cccc(C)c1. The monoisotopic (exact) mass is 426 g/mol. The molecule has 1 N–H and O–H groups in total. The molecule has 3 rings (SSSR count). The van der Waals surface area contributed by atoms with Gasteiger partial charge in [0.15, 0.2) is 0 Å². The van der Waals surface area contributed by atoms with Crippen LogP contribution in [0.5, 0.6) is 5.75 Å². The Bertz CT molecular complexity index is 1210. The Hall–Kier alpha value is -4.17. The predicted octanol–water partition coefficient (Wildman–Crippen LogP) is 5.99. The number of nitrogens with zero attached hydrogens (tertiary/aromatic N) is 1. The first-order valence-corrected chi connectivity index (χ1v) is 10.1. The molecule has 0 heterocycles. The first-order chi connectivity index (χ1) is 15.5. The molecule has 5 heteroatoms. The lowest BCUT2D eigenvalue weighted by molar-refractivity contribution is -0.112. The van der Waals surface area contributed by atoms with Crippen molar-refractivity contribution in [3.05, 3.63) is 113 Å². The lowest BCUT2D eigenvalue weighted by Crippen LogP contribution is -2.14. The van der Waals surface area contributed by atoms with Gasteiger partial charge in [0.25, 0.3) is 5.91 Å². The van der Waals surface area contributed by atoms with E-state index in [0.717, 1.165) is 16.7 Å². The molecular weight excluding hydrogens is 403 g/mol. The van der Waals surface area contributed by atoms with E-state index < -0.39 is 11.7 Å². The molecule has 0 aliphatic heterocycles. The molecule has 0 bridgehead atoms. The van der Waals surface area contributed by atoms with Gasteiger partial charge in [0.2, 0.25) is 0 Å². The topological polar surface area (TPSA) is 62.1 Å². The molecule has 0 radical (unpaired) electrons. The molecule has 0 aliphatic carbocycles. The molecular formula is C27H23FN2O2. The van der Waals surface area contributed by atoms with Crippen LogP contribution in [0.2, 0.25) is 0 Å². The number of hydrogen-bond donors (Lipinski definition) is 1. The minimum absolute atomic E-state index is 0.0193. The van der Waals surface area contributed by atoms with Gasteiger partial charge < -0.3 is 10.1 Å². The van der Waals surface area contributed by atoms with Crippen molar-refractivity contribution in [1.29, 1.82) is 5.26 Å². The van der Waals surface area contributed by atoms with Gasteiger partial charge in [-0.05, 0) is 60.4 Å². The average Bonchev–Trinajstić information content (AvgIpc) is 2.78. The quantitative estimate of drug-likeness (QED) is 0.273. The fourth-order valence-electron chi connectivity index (χ4n) is 3.18. The lowest BCUT2D eigenvalue weighted by Gasteiger charge is -2.12. The third-order valence-corrected chi connectivity index (χ3v) is 4.72. The molecule has 4 nitrogen and oxygen atoms in total. The Balaban J connectivity index is 1.80. The van der Waals surface area contributed by atoms with Crippen molar-refractivity contribution in [2.75, 3.05) is 5.32 Å². The molecule has 0 saturated carbocycles. The summed E-state index contributed by atoms with van der Waals surface area (Å²) in [6.07, 6.45) is 3.79. The predicted molar refractivity (Wildman–Crippen MR) is 124 cm³/mol. The number of rotatable bonds is 8. The first kappa shape index (κ1) is 22.5. The molecule has 0 fully saturated rings. The van der Waals surface area contributed by atoms with Crippen LogP contribution < -0.4 is 10.1 Å². The van der Waals surface area contributed by atoms with Crippen LogP contribution in [-0.4, -0.2) is 5.91 Å². The van der Waals surface area contributed by atoms with E-state index in [4.69, 9.17) is 4.74 Å². The number of aryl methyl sites for hydroxylation is 1. The highest BCUT2D eigenvalue weighted by Gasteiger charge is 2.12. The fraction of sp³-hybridized carbons (Fsp3) is 0.111. The second kappa shape index (κ2) is 10.7. The average molecular weight is 426 g/mol. The summed E-state index contributed by atoms with van der Waals surface area (Å²) in [5, 5.41) is 11.9. The Morgan fingerprint density at radius 1 is 1.16 bits per heavy atom. The molecule has 32 heavy (non-hydrogen) atoms. The van der Waals surface area contributed by atoms with Gasteiger partial charge >= 0.3 is 0 Å². The van der Waals surface area contributed by atoms with E-state index in [-0.39, 0.29) is 11.3 Å². The summed E-state index contributed by atoms with van der Waals surface area (Å²) >= 11 is 0. The van der Waals surface area contributed by atoms with Crippen LogP contribution in [-0.2, 0) is 17.8 Å². The Labute approximate surface area is 187 Å². The van der Waals surface area contributed by atoms with Crippen LogP contribution in [0.4, 0.5) is 10.1 Å². The third-order valence-electron chi connectivity index (χ3n) is 4.72. The smallest absolute Gasteiger partial charge is 0.266 e. The number of anilines is 1. The van der Waals surface area contributed by atoms with Crippen LogP contribution in [0.1, 0.15) is 22.3 Å². The van der Waals surface area contributed by atoms with Crippen molar-refractivity contribution in [1.82, 2.24) is 0 Å². The molecule has 0 saturated heterocycles. The van der Waals surface area contributed by atoms with E-state index in [1.807, 2.05) is 43.3 Å². The minimum atomic E-state index is -0.678. The van der Waals surface area contributed by atoms with E-state index in [2.05, 4.69) is 18.0 Å². The number of benzene rings is 3. The van der Waals surface area contributed by atoms with E-state index in [0.29, 0.717) is 24.3 Å². The zero-order valence-electron chi connectivity index (χ0n) is 17.8. The van der Waals surface area contributed by atoms with Gasteiger partial charge in [0.05, 0.1) is 5.69 Å². The molecule has 0 aliphatic rings. The number of amides is 1. The highest BCUT2D eigenvalue weighted by atomic mass is 19.1. The summed E-state index contributed by atoms with van der Waals surface area (Å²) in [4.78, 5) is 12.5. The normalized spacial score (nSPS) is 10.8. The number of allylic oxidation sites excluding steroid dienone is 1. The molecule has 0 aromatic heterocycles. The Morgan fingerprint density at radius 3 is 2.69 bits per heavy atom. The second-order valence-electron chi connectivity index (χ2n) is 7.24. The number of hydrogen-bond acceptors (Lipinski definition) is 3. The summed E-state index contributed by atoms with van der Waals surface area (Å²) in [5.74, 6) is -0.540. The molecule has 160 valence electrons. The van der Waals surface area contributed by atoms with Gasteiger partial charge in [-0.1, -0.05) is 54.1 Å². The first-order valence-electron chi connectivity index (χ1n) is 10.1. The van der Waals surface area contributed by atoms with Crippen LogP contribution in [0.25, 0.3) is 6.08 Å². The highest BCUT2D eigenvalue weighted by Crippen LogP contribution is 2.24. The molecule has 0 unspecified atom stereocenters. The standard InChI is InChI=1S/C27H23FN2O2/c1-3-7-22-15-20(12-13-26(22)32-18-21-9-6-8-19(2)14-21)16-23(17-29)27(31)30-25-11-5-4-10-24(25)28/h3-6,8-16H,1,7,18H2,2H3,(H,30,31)/b23-16-.